The summed E-state index contributed by atoms with van der Waals surface area (Å²) in [5.74, 6) is 0.668. The Morgan fingerprint density at radius 3 is 2.65 bits per heavy atom. The SMILES string of the molecule is C=Cc1ccc2c(c1)CCC(c1ccc(CC/C=C/C)cc1)C2. The molecule has 118 valence electrons. The second-order valence-corrected chi connectivity index (χ2v) is 6.52. The van der Waals surface area contributed by atoms with E-state index in [9.17, 15) is 0 Å². The molecule has 0 radical (unpaired) electrons. The van der Waals surface area contributed by atoms with Crippen LogP contribution in [-0.4, -0.2) is 0 Å². The second-order valence-electron chi connectivity index (χ2n) is 6.52. The van der Waals surface area contributed by atoms with E-state index in [0.717, 1.165) is 12.8 Å². The molecule has 0 spiro atoms. The van der Waals surface area contributed by atoms with Crippen LogP contribution in [0.3, 0.4) is 0 Å². The van der Waals surface area contributed by atoms with Crippen molar-refractivity contribution in [2.75, 3.05) is 0 Å². The van der Waals surface area contributed by atoms with E-state index in [0.29, 0.717) is 5.92 Å². The fourth-order valence-corrected chi connectivity index (χ4v) is 3.56. The minimum absolute atomic E-state index is 0.668. The largest absolute Gasteiger partial charge is 0.0985 e. The Morgan fingerprint density at radius 1 is 1.09 bits per heavy atom. The van der Waals surface area contributed by atoms with E-state index in [-0.39, 0.29) is 0 Å². The average Bonchev–Trinajstić information content (AvgIpc) is 2.61. The molecule has 1 aliphatic rings. The van der Waals surface area contributed by atoms with Crippen molar-refractivity contribution in [1.29, 1.82) is 0 Å². The second kappa shape index (κ2) is 7.46. The lowest BCUT2D eigenvalue weighted by Crippen LogP contribution is -2.13. The lowest BCUT2D eigenvalue weighted by molar-refractivity contribution is 0.584. The molecule has 2 aromatic carbocycles. The summed E-state index contributed by atoms with van der Waals surface area (Å²) in [6.45, 7) is 5.96. The number of rotatable bonds is 5. The van der Waals surface area contributed by atoms with Crippen LogP contribution < -0.4 is 0 Å². The van der Waals surface area contributed by atoms with E-state index < -0.39 is 0 Å². The molecule has 0 amide bonds. The summed E-state index contributed by atoms with van der Waals surface area (Å²) in [5.41, 5.74) is 7.22. The average molecular weight is 302 g/mol. The quantitative estimate of drug-likeness (QED) is 0.584. The maximum atomic E-state index is 3.87. The lowest BCUT2D eigenvalue weighted by atomic mass is 9.79. The maximum absolute atomic E-state index is 3.87. The van der Waals surface area contributed by atoms with Crippen LogP contribution in [-0.2, 0) is 19.3 Å². The molecule has 0 heteroatoms. The van der Waals surface area contributed by atoms with Crippen LogP contribution in [0.1, 0.15) is 53.5 Å². The highest BCUT2D eigenvalue weighted by molar-refractivity contribution is 5.51. The van der Waals surface area contributed by atoms with Gasteiger partial charge < -0.3 is 0 Å². The minimum Gasteiger partial charge on any atom is -0.0985 e. The minimum atomic E-state index is 0.668. The highest BCUT2D eigenvalue weighted by atomic mass is 14.2. The molecule has 3 rings (SSSR count). The number of hydrogen-bond donors (Lipinski definition) is 0. The van der Waals surface area contributed by atoms with Crippen molar-refractivity contribution in [3.63, 3.8) is 0 Å². The number of aryl methyl sites for hydroxylation is 2. The molecule has 0 aliphatic heterocycles. The Hall–Kier alpha value is -2.08. The van der Waals surface area contributed by atoms with Gasteiger partial charge in [0.25, 0.3) is 0 Å². The van der Waals surface area contributed by atoms with Crippen LogP contribution >= 0.6 is 0 Å². The molecule has 0 fully saturated rings. The molecular weight excluding hydrogens is 276 g/mol. The first-order valence-corrected chi connectivity index (χ1v) is 8.74. The van der Waals surface area contributed by atoms with Crippen molar-refractivity contribution in [1.82, 2.24) is 0 Å². The number of fused-ring (bicyclic) bond motifs is 1. The summed E-state index contributed by atoms with van der Waals surface area (Å²) >= 11 is 0. The summed E-state index contributed by atoms with van der Waals surface area (Å²) in [4.78, 5) is 0. The van der Waals surface area contributed by atoms with Gasteiger partial charge >= 0.3 is 0 Å². The zero-order valence-electron chi connectivity index (χ0n) is 14.1. The zero-order valence-corrected chi connectivity index (χ0v) is 14.1. The Morgan fingerprint density at radius 2 is 1.91 bits per heavy atom. The molecule has 2 aromatic rings. The van der Waals surface area contributed by atoms with E-state index >= 15 is 0 Å². The molecule has 0 bridgehead atoms. The van der Waals surface area contributed by atoms with Gasteiger partial charge in [0.2, 0.25) is 0 Å². The molecule has 0 saturated heterocycles. The summed E-state index contributed by atoms with van der Waals surface area (Å²) < 4.78 is 0. The summed E-state index contributed by atoms with van der Waals surface area (Å²) in [7, 11) is 0. The molecule has 0 nitrogen and oxygen atoms in total. The highest BCUT2D eigenvalue weighted by Crippen LogP contribution is 2.33. The predicted molar refractivity (Wildman–Crippen MR) is 101 cm³/mol. The molecule has 0 N–H and O–H groups in total. The normalized spacial score (nSPS) is 17.2. The summed E-state index contributed by atoms with van der Waals surface area (Å²) in [5, 5.41) is 0. The van der Waals surface area contributed by atoms with Gasteiger partial charge in [0.05, 0.1) is 0 Å². The van der Waals surface area contributed by atoms with Gasteiger partial charge in [0.1, 0.15) is 0 Å². The van der Waals surface area contributed by atoms with Crippen LogP contribution in [0.25, 0.3) is 6.08 Å². The van der Waals surface area contributed by atoms with Crippen molar-refractivity contribution in [2.24, 2.45) is 0 Å². The third-order valence-electron chi connectivity index (χ3n) is 4.98. The maximum Gasteiger partial charge on any atom is -0.0118 e. The Labute approximate surface area is 140 Å². The Balaban J connectivity index is 1.69. The van der Waals surface area contributed by atoms with E-state index in [4.69, 9.17) is 0 Å². The summed E-state index contributed by atoms with van der Waals surface area (Å²) in [6.07, 6.45) is 12.2. The molecule has 1 atom stereocenters. The standard InChI is InChI=1S/C23H26/c1-3-5-6-7-19-9-11-20(12-10-19)22-15-14-21-16-18(4-2)8-13-23(21)17-22/h3-5,8-13,16,22H,2,6-7,14-15,17H2,1H3/b5-3+. The lowest BCUT2D eigenvalue weighted by Gasteiger charge is -2.25. The molecule has 0 saturated carbocycles. The molecular formula is C23H26. The van der Waals surface area contributed by atoms with Gasteiger partial charge in [0, 0.05) is 0 Å². The fraction of sp³-hybridized carbons (Fsp3) is 0.304. The smallest absolute Gasteiger partial charge is 0.0118 e. The van der Waals surface area contributed by atoms with Gasteiger partial charge in [0.15, 0.2) is 0 Å². The van der Waals surface area contributed by atoms with E-state index in [1.807, 2.05) is 6.08 Å². The van der Waals surface area contributed by atoms with E-state index in [2.05, 4.69) is 68.1 Å². The molecule has 0 heterocycles. The molecule has 1 aliphatic carbocycles. The van der Waals surface area contributed by atoms with Gasteiger partial charge in [-0.25, -0.2) is 0 Å². The Bertz CT molecular complexity index is 688. The molecule has 1 unspecified atom stereocenters. The number of benzene rings is 2. The topological polar surface area (TPSA) is 0 Å². The van der Waals surface area contributed by atoms with Crippen molar-refractivity contribution in [3.05, 3.63) is 89.0 Å². The molecule has 23 heavy (non-hydrogen) atoms. The first kappa shape index (κ1) is 15.8. The molecule has 0 aromatic heterocycles. The van der Waals surface area contributed by atoms with E-state index in [1.165, 1.54) is 47.1 Å². The Kier molecular flexibility index (Phi) is 5.12. The van der Waals surface area contributed by atoms with Gasteiger partial charge in [-0.05, 0) is 72.8 Å². The van der Waals surface area contributed by atoms with Gasteiger partial charge in [-0.3, -0.25) is 0 Å². The number of hydrogen-bond acceptors (Lipinski definition) is 0. The van der Waals surface area contributed by atoms with Crippen molar-refractivity contribution >= 4 is 6.08 Å². The van der Waals surface area contributed by atoms with Crippen LogP contribution in [0, 0.1) is 0 Å². The van der Waals surface area contributed by atoms with Gasteiger partial charge in [-0.1, -0.05) is 67.3 Å². The van der Waals surface area contributed by atoms with E-state index in [1.54, 1.807) is 0 Å². The predicted octanol–water partition coefficient (Wildman–Crippen LogP) is 6.11. The van der Waals surface area contributed by atoms with Gasteiger partial charge in [-0.15, -0.1) is 0 Å². The van der Waals surface area contributed by atoms with Crippen molar-refractivity contribution in [3.8, 4) is 0 Å². The third kappa shape index (κ3) is 3.82. The monoisotopic (exact) mass is 302 g/mol. The van der Waals surface area contributed by atoms with Crippen LogP contribution in [0.2, 0.25) is 0 Å². The van der Waals surface area contributed by atoms with Crippen LogP contribution in [0.15, 0.2) is 61.2 Å². The summed E-state index contributed by atoms with van der Waals surface area (Å²) in [6, 6.07) is 16.1. The van der Waals surface area contributed by atoms with Gasteiger partial charge in [-0.2, -0.15) is 0 Å². The van der Waals surface area contributed by atoms with Crippen molar-refractivity contribution in [2.45, 2.75) is 44.9 Å². The third-order valence-corrected chi connectivity index (χ3v) is 4.98. The number of allylic oxidation sites excluding steroid dienone is 2. The van der Waals surface area contributed by atoms with Crippen LogP contribution in [0.4, 0.5) is 0 Å². The highest BCUT2D eigenvalue weighted by Gasteiger charge is 2.20. The first-order chi connectivity index (χ1) is 11.3. The zero-order chi connectivity index (χ0) is 16.1. The van der Waals surface area contributed by atoms with Crippen molar-refractivity contribution < 1.29 is 0 Å². The fourth-order valence-electron chi connectivity index (χ4n) is 3.56. The van der Waals surface area contributed by atoms with Crippen LogP contribution in [0.5, 0.6) is 0 Å². The first-order valence-electron chi connectivity index (χ1n) is 8.74.